The van der Waals surface area contributed by atoms with E-state index in [2.05, 4.69) is 13.8 Å². The van der Waals surface area contributed by atoms with Crippen molar-refractivity contribution in [1.29, 1.82) is 0 Å². The second-order valence-corrected chi connectivity index (χ2v) is 4.42. The van der Waals surface area contributed by atoms with Crippen molar-refractivity contribution in [3.63, 3.8) is 0 Å². The molecule has 1 nitrogen and oxygen atoms in total. The molecule has 1 aliphatic rings. The lowest BCUT2D eigenvalue weighted by Crippen LogP contribution is -1.98. The lowest BCUT2D eigenvalue weighted by molar-refractivity contribution is 0.460. The van der Waals surface area contributed by atoms with Gasteiger partial charge in [-0.3, -0.25) is 0 Å². The van der Waals surface area contributed by atoms with E-state index in [9.17, 15) is 5.11 Å². The van der Waals surface area contributed by atoms with Crippen LogP contribution in [0.4, 0.5) is 0 Å². The van der Waals surface area contributed by atoms with E-state index >= 15 is 0 Å². The summed E-state index contributed by atoms with van der Waals surface area (Å²) in [5.74, 6) is 1.11. The molecule has 0 atom stereocenters. The molecule has 0 bridgehead atoms. The van der Waals surface area contributed by atoms with Gasteiger partial charge in [-0.2, -0.15) is 0 Å². The van der Waals surface area contributed by atoms with Gasteiger partial charge in [-0.15, -0.1) is 0 Å². The Morgan fingerprint density at radius 3 is 2.43 bits per heavy atom. The standard InChI is InChI=1S/C13H18O/c1-9-7-8-12(14)13(10(9)2)11-5-3-4-6-11/h7-8,11,14H,3-6H2,1-2H3. The van der Waals surface area contributed by atoms with Crippen LogP contribution in [0.25, 0.3) is 0 Å². The third-order valence-corrected chi connectivity index (χ3v) is 3.53. The maximum absolute atomic E-state index is 9.88. The minimum atomic E-state index is 0.500. The number of phenolic OH excluding ortho intramolecular Hbond substituents is 1. The average Bonchev–Trinajstić information content (AvgIpc) is 2.65. The lowest BCUT2D eigenvalue weighted by Gasteiger charge is -2.16. The molecular weight excluding hydrogens is 172 g/mol. The van der Waals surface area contributed by atoms with Crippen LogP contribution < -0.4 is 0 Å². The summed E-state index contributed by atoms with van der Waals surface area (Å²) in [6.45, 7) is 4.25. The summed E-state index contributed by atoms with van der Waals surface area (Å²) < 4.78 is 0. The third-order valence-electron chi connectivity index (χ3n) is 3.53. The predicted molar refractivity (Wildman–Crippen MR) is 58.8 cm³/mol. The molecule has 0 unspecified atom stereocenters. The Morgan fingerprint density at radius 2 is 1.79 bits per heavy atom. The van der Waals surface area contributed by atoms with Crippen molar-refractivity contribution < 1.29 is 5.11 Å². The number of aromatic hydroxyl groups is 1. The van der Waals surface area contributed by atoms with Crippen LogP contribution in [0.2, 0.25) is 0 Å². The average molecular weight is 190 g/mol. The van der Waals surface area contributed by atoms with E-state index in [0.717, 1.165) is 0 Å². The lowest BCUT2D eigenvalue weighted by atomic mass is 9.90. The Kier molecular flexibility index (Phi) is 2.49. The Balaban J connectivity index is 2.44. The molecule has 0 saturated heterocycles. The fourth-order valence-corrected chi connectivity index (χ4v) is 2.55. The van der Waals surface area contributed by atoms with E-state index < -0.39 is 0 Å². The first-order valence-electron chi connectivity index (χ1n) is 5.49. The van der Waals surface area contributed by atoms with Crippen molar-refractivity contribution in [2.75, 3.05) is 0 Å². The van der Waals surface area contributed by atoms with E-state index in [0.29, 0.717) is 11.7 Å². The summed E-state index contributed by atoms with van der Waals surface area (Å²) in [7, 11) is 0. The molecule has 0 aliphatic heterocycles. The van der Waals surface area contributed by atoms with Gasteiger partial charge in [-0.05, 0) is 49.8 Å². The van der Waals surface area contributed by atoms with E-state index in [-0.39, 0.29) is 0 Å². The van der Waals surface area contributed by atoms with Gasteiger partial charge in [0.1, 0.15) is 5.75 Å². The summed E-state index contributed by atoms with van der Waals surface area (Å²) in [6.07, 6.45) is 5.13. The second kappa shape index (κ2) is 3.64. The van der Waals surface area contributed by atoms with Gasteiger partial charge in [0.15, 0.2) is 0 Å². The first-order chi connectivity index (χ1) is 6.70. The van der Waals surface area contributed by atoms with Gasteiger partial charge < -0.3 is 5.11 Å². The molecule has 0 radical (unpaired) electrons. The summed E-state index contributed by atoms with van der Waals surface area (Å²) in [4.78, 5) is 0. The van der Waals surface area contributed by atoms with Crippen LogP contribution >= 0.6 is 0 Å². The topological polar surface area (TPSA) is 20.2 Å². The molecule has 76 valence electrons. The molecule has 1 aromatic carbocycles. The molecule has 0 spiro atoms. The van der Waals surface area contributed by atoms with Crippen LogP contribution in [-0.4, -0.2) is 5.11 Å². The predicted octanol–water partition coefficient (Wildman–Crippen LogP) is 3.67. The van der Waals surface area contributed by atoms with Crippen molar-refractivity contribution >= 4 is 0 Å². The van der Waals surface area contributed by atoms with Gasteiger partial charge in [-0.1, -0.05) is 18.9 Å². The minimum Gasteiger partial charge on any atom is -0.508 e. The highest BCUT2D eigenvalue weighted by atomic mass is 16.3. The van der Waals surface area contributed by atoms with E-state index in [4.69, 9.17) is 0 Å². The summed E-state index contributed by atoms with van der Waals surface area (Å²) in [5, 5.41) is 9.88. The van der Waals surface area contributed by atoms with E-state index in [1.165, 1.54) is 42.4 Å². The largest absolute Gasteiger partial charge is 0.508 e. The number of phenols is 1. The zero-order valence-electron chi connectivity index (χ0n) is 9.01. The summed E-state index contributed by atoms with van der Waals surface area (Å²) in [6, 6.07) is 3.85. The van der Waals surface area contributed by atoms with E-state index in [1.807, 2.05) is 12.1 Å². The van der Waals surface area contributed by atoms with Crippen molar-refractivity contribution in [3.05, 3.63) is 28.8 Å². The molecule has 0 aromatic heterocycles. The molecule has 1 saturated carbocycles. The van der Waals surface area contributed by atoms with Gasteiger partial charge in [0.05, 0.1) is 0 Å². The smallest absolute Gasteiger partial charge is 0.119 e. The van der Waals surface area contributed by atoms with Crippen LogP contribution in [0.3, 0.4) is 0 Å². The number of rotatable bonds is 1. The highest BCUT2D eigenvalue weighted by molar-refractivity contribution is 5.45. The van der Waals surface area contributed by atoms with Crippen molar-refractivity contribution in [2.45, 2.75) is 45.4 Å². The Morgan fingerprint density at radius 1 is 1.14 bits per heavy atom. The van der Waals surface area contributed by atoms with Gasteiger partial charge in [0.25, 0.3) is 0 Å². The summed E-state index contributed by atoms with van der Waals surface area (Å²) >= 11 is 0. The fourth-order valence-electron chi connectivity index (χ4n) is 2.55. The molecule has 1 aliphatic carbocycles. The number of hydrogen-bond acceptors (Lipinski definition) is 1. The van der Waals surface area contributed by atoms with Crippen LogP contribution in [0.1, 0.15) is 48.3 Å². The zero-order valence-corrected chi connectivity index (χ0v) is 9.01. The minimum absolute atomic E-state index is 0.500. The first-order valence-corrected chi connectivity index (χ1v) is 5.49. The first kappa shape index (κ1) is 9.57. The van der Waals surface area contributed by atoms with Crippen LogP contribution in [0, 0.1) is 13.8 Å². The summed E-state index contributed by atoms with van der Waals surface area (Å²) in [5.41, 5.74) is 3.80. The Labute approximate surface area is 85.8 Å². The molecule has 1 fully saturated rings. The molecule has 0 heterocycles. The molecule has 14 heavy (non-hydrogen) atoms. The monoisotopic (exact) mass is 190 g/mol. The van der Waals surface area contributed by atoms with Crippen LogP contribution in [0.15, 0.2) is 12.1 Å². The molecule has 2 rings (SSSR count). The molecule has 0 amide bonds. The van der Waals surface area contributed by atoms with Crippen molar-refractivity contribution in [3.8, 4) is 5.75 Å². The number of benzene rings is 1. The molecule has 1 heteroatoms. The fraction of sp³-hybridized carbons (Fsp3) is 0.538. The van der Waals surface area contributed by atoms with Gasteiger partial charge in [-0.25, -0.2) is 0 Å². The normalized spacial score (nSPS) is 17.6. The van der Waals surface area contributed by atoms with Crippen molar-refractivity contribution in [1.82, 2.24) is 0 Å². The Bertz CT molecular complexity index is 335. The van der Waals surface area contributed by atoms with Gasteiger partial charge in [0, 0.05) is 5.56 Å². The highest BCUT2D eigenvalue weighted by Crippen LogP contribution is 2.40. The van der Waals surface area contributed by atoms with E-state index in [1.54, 1.807) is 0 Å². The number of aryl methyl sites for hydroxylation is 1. The Hall–Kier alpha value is -0.980. The van der Waals surface area contributed by atoms with Crippen LogP contribution in [-0.2, 0) is 0 Å². The van der Waals surface area contributed by atoms with Crippen LogP contribution in [0.5, 0.6) is 5.75 Å². The molecule has 1 N–H and O–H groups in total. The maximum atomic E-state index is 9.88. The molecular formula is C13H18O. The third kappa shape index (κ3) is 1.52. The zero-order chi connectivity index (χ0) is 10.1. The number of hydrogen-bond donors (Lipinski definition) is 1. The van der Waals surface area contributed by atoms with Gasteiger partial charge in [0.2, 0.25) is 0 Å². The SMILES string of the molecule is Cc1ccc(O)c(C2CCCC2)c1C. The van der Waals surface area contributed by atoms with Gasteiger partial charge >= 0.3 is 0 Å². The maximum Gasteiger partial charge on any atom is 0.119 e. The van der Waals surface area contributed by atoms with Crippen molar-refractivity contribution in [2.24, 2.45) is 0 Å². The molecule has 1 aromatic rings. The highest BCUT2D eigenvalue weighted by Gasteiger charge is 2.22. The second-order valence-electron chi connectivity index (χ2n) is 4.42. The quantitative estimate of drug-likeness (QED) is 0.716.